The predicted octanol–water partition coefficient (Wildman–Crippen LogP) is 6.46. The van der Waals surface area contributed by atoms with Gasteiger partial charge in [0.05, 0.1) is 10.6 Å². The van der Waals surface area contributed by atoms with Crippen LogP contribution in [0.15, 0.2) is 23.8 Å². The SMILES string of the molecule is CC(/C=C/[C@]1(C)CC(NC2CC2)CC[C@H]1C)=C\Cc1c(O)c(C=O)c(C)c(Cl)c1OCF. The molecular weight excluding hydrogens is 429 g/mol. The molecule has 0 radical (unpaired) electrons. The van der Waals surface area contributed by atoms with E-state index < -0.39 is 6.86 Å². The molecule has 1 unspecified atom stereocenters. The van der Waals surface area contributed by atoms with E-state index in [9.17, 15) is 14.3 Å². The summed E-state index contributed by atoms with van der Waals surface area (Å²) in [6.07, 6.45) is 13.4. The molecule has 0 amide bonds. The lowest BCUT2D eigenvalue weighted by Crippen LogP contribution is -2.42. The van der Waals surface area contributed by atoms with Crippen molar-refractivity contribution in [2.45, 2.75) is 78.3 Å². The third kappa shape index (κ3) is 5.55. The number of allylic oxidation sites excluding steroid dienone is 4. The number of rotatable bonds is 9. The Kier molecular flexibility index (Phi) is 8.05. The highest BCUT2D eigenvalue weighted by molar-refractivity contribution is 6.33. The first-order valence-corrected chi connectivity index (χ1v) is 11.9. The van der Waals surface area contributed by atoms with Crippen molar-refractivity contribution in [2.75, 3.05) is 6.86 Å². The molecule has 6 heteroatoms. The molecule has 2 N–H and O–H groups in total. The number of carbonyl (C=O) groups excluding carboxylic acids is 1. The summed E-state index contributed by atoms with van der Waals surface area (Å²) in [5.74, 6) is 0.480. The van der Waals surface area contributed by atoms with Gasteiger partial charge < -0.3 is 15.2 Å². The van der Waals surface area contributed by atoms with Gasteiger partial charge in [-0.2, -0.15) is 0 Å². The summed E-state index contributed by atoms with van der Waals surface area (Å²) >= 11 is 6.30. The van der Waals surface area contributed by atoms with E-state index >= 15 is 0 Å². The van der Waals surface area contributed by atoms with Crippen LogP contribution in [0.2, 0.25) is 5.02 Å². The van der Waals surface area contributed by atoms with E-state index in [-0.39, 0.29) is 33.9 Å². The summed E-state index contributed by atoms with van der Waals surface area (Å²) in [6.45, 7) is 7.18. The van der Waals surface area contributed by atoms with E-state index in [0.717, 1.165) is 12.0 Å². The van der Waals surface area contributed by atoms with Gasteiger partial charge in [-0.25, -0.2) is 4.39 Å². The summed E-state index contributed by atoms with van der Waals surface area (Å²) in [6, 6.07) is 1.29. The third-order valence-corrected chi connectivity index (χ3v) is 7.68. The molecule has 0 aromatic heterocycles. The standard InChI is InChI=1S/C26H35ClFNO3/c1-16(11-12-26(4)13-20(7-6-17(26)2)29-19-8-9-19)5-10-21-24(31)22(14-30)18(3)23(27)25(21)32-15-28/h5,11-12,14,17,19-20,29,31H,6-10,13,15H2,1-4H3/b12-11+,16-5+/t17-,20?,26-/m1/s1. The van der Waals surface area contributed by atoms with Gasteiger partial charge in [-0.05, 0) is 69.3 Å². The van der Waals surface area contributed by atoms with Crippen molar-refractivity contribution in [2.24, 2.45) is 11.3 Å². The van der Waals surface area contributed by atoms with Crippen molar-refractivity contribution in [3.63, 3.8) is 0 Å². The zero-order chi connectivity index (χ0) is 23.5. The number of aromatic hydroxyl groups is 1. The average molecular weight is 464 g/mol. The molecule has 2 aliphatic rings. The quantitative estimate of drug-likeness (QED) is 0.325. The number of carbonyl (C=O) groups is 1. The van der Waals surface area contributed by atoms with E-state index in [0.29, 0.717) is 35.4 Å². The van der Waals surface area contributed by atoms with Gasteiger partial charge in [-0.1, -0.05) is 49.2 Å². The number of hydrogen-bond acceptors (Lipinski definition) is 4. The van der Waals surface area contributed by atoms with E-state index in [1.165, 1.54) is 25.7 Å². The van der Waals surface area contributed by atoms with Crippen LogP contribution < -0.4 is 10.1 Å². The Morgan fingerprint density at radius 1 is 1.31 bits per heavy atom. The number of benzene rings is 1. The maximum Gasteiger partial charge on any atom is 0.228 e. The largest absolute Gasteiger partial charge is 0.507 e. The Hall–Kier alpha value is -1.85. The van der Waals surface area contributed by atoms with Crippen LogP contribution in [0.25, 0.3) is 0 Å². The summed E-state index contributed by atoms with van der Waals surface area (Å²) in [7, 11) is 0. The molecule has 2 aliphatic carbocycles. The Balaban J connectivity index is 1.78. The third-order valence-electron chi connectivity index (χ3n) is 7.23. The van der Waals surface area contributed by atoms with E-state index in [4.69, 9.17) is 16.3 Å². The molecule has 0 heterocycles. The molecule has 2 fully saturated rings. The van der Waals surface area contributed by atoms with Gasteiger partial charge in [-0.3, -0.25) is 4.79 Å². The van der Waals surface area contributed by atoms with Crippen LogP contribution in [0.3, 0.4) is 0 Å². The Morgan fingerprint density at radius 2 is 2.00 bits per heavy atom. The molecule has 1 aromatic rings. The van der Waals surface area contributed by atoms with Gasteiger partial charge in [-0.15, -0.1) is 0 Å². The number of ether oxygens (including phenoxy) is 1. The average Bonchev–Trinajstić information content (AvgIpc) is 3.57. The summed E-state index contributed by atoms with van der Waals surface area (Å²) in [4.78, 5) is 11.4. The minimum atomic E-state index is -1.07. The van der Waals surface area contributed by atoms with E-state index in [2.05, 4.69) is 31.3 Å². The maximum absolute atomic E-state index is 12.9. The lowest BCUT2D eigenvalue weighted by molar-refractivity contribution is 0.112. The second kappa shape index (κ2) is 10.4. The Morgan fingerprint density at radius 3 is 2.62 bits per heavy atom. The fourth-order valence-corrected chi connectivity index (χ4v) is 4.90. The summed E-state index contributed by atoms with van der Waals surface area (Å²) < 4.78 is 18.0. The van der Waals surface area contributed by atoms with Crippen LogP contribution >= 0.6 is 11.6 Å². The predicted molar refractivity (Wildman–Crippen MR) is 128 cm³/mol. The number of halogens is 2. The van der Waals surface area contributed by atoms with Crippen molar-refractivity contribution >= 4 is 17.9 Å². The van der Waals surface area contributed by atoms with Crippen LogP contribution in [0.5, 0.6) is 11.5 Å². The van der Waals surface area contributed by atoms with Crippen LogP contribution in [-0.2, 0) is 6.42 Å². The fraction of sp³-hybridized carbons (Fsp3) is 0.577. The number of alkyl halides is 1. The number of aldehydes is 1. The molecule has 0 saturated heterocycles. The molecule has 3 atom stereocenters. The van der Waals surface area contributed by atoms with Gasteiger partial charge >= 0.3 is 0 Å². The maximum atomic E-state index is 12.9. The van der Waals surface area contributed by atoms with Crippen molar-refractivity contribution < 1.29 is 19.0 Å². The number of phenols is 1. The topological polar surface area (TPSA) is 58.6 Å². The lowest BCUT2D eigenvalue weighted by Gasteiger charge is -2.42. The second-order valence-corrected chi connectivity index (χ2v) is 10.1. The lowest BCUT2D eigenvalue weighted by atomic mass is 9.66. The van der Waals surface area contributed by atoms with Crippen molar-refractivity contribution in [3.8, 4) is 11.5 Å². The molecule has 0 aliphatic heterocycles. The van der Waals surface area contributed by atoms with Crippen LogP contribution in [0, 0.1) is 18.3 Å². The number of nitrogens with one attached hydrogen (secondary N) is 1. The first-order valence-electron chi connectivity index (χ1n) is 11.5. The van der Waals surface area contributed by atoms with E-state index in [1.807, 2.05) is 13.0 Å². The smallest absolute Gasteiger partial charge is 0.228 e. The zero-order valence-electron chi connectivity index (χ0n) is 19.5. The highest BCUT2D eigenvalue weighted by Crippen LogP contribution is 2.44. The summed E-state index contributed by atoms with van der Waals surface area (Å²) in [5.41, 5.74) is 1.93. The first-order chi connectivity index (χ1) is 15.2. The van der Waals surface area contributed by atoms with Gasteiger partial charge in [0, 0.05) is 17.6 Å². The van der Waals surface area contributed by atoms with E-state index in [1.54, 1.807) is 6.92 Å². The van der Waals surface area contributed by atoms with Crippen LogP contribution in [-0.4, -0.2) is 30.3 Å². The van der Waals surface area contributed by atoms with Crippen molar-refractivity contribution in [3.05, 3.63) is 45.5 Å². The number of hydrogen-bond donors (Lipinski definition) is 2. The van der Waals surface area contributed by atoms with Gasteiger partial charge in [0.15, 0.2) is 6.29 Å². The zero-order valence-corrected chi connectivity index (χ0v) is 20.3. The minimum absolute atomic E-state index is 0.0876. The monoisotopic (exact) mass is 463 g/mol. The van der Waals surface area contributed by atoms with Gasteiger partial charge in [0.25, 0.3) is 0 Å². The van der Waals surface area contributed by atoms with Crippen LogP contribution in [0.4, 0.5) is 4.39 Å². The highest BCUT2D eigenvalue weighted by Gasteiger charge is 2.37. The normalized spacial score (nSPS) is 26.5. The summed E-state index contributed by atoms with van der Waals surface area (Å²) in [5, 5.41) is 14.5. The molecule has 3 rings (SSSR count). The molecule has 4 nitrogen and oxygen atoms in total. The Bertz CT molecular complexity index is 909. The fourth-order valence-electron chi connectivity index (χ4n) is 4.63. The molecule has 176 valence electrons. The van der Waals surface area contributed by atoms with Crippen molar-refractivity contribution in [1.82, 2.24) is 5.32 Å². The highest BCUT2D eigenvalue weighted by atomic mass is 35.5. The second-order valence-electron chi connectivity index (χ2n) is 9.69. The molecule has 0 bridgehead atoms. The molecule has 32 heavy (non-hydrogen) atoms. The molecule has 0 spiro atoms. The van der Waals surface area contributed by atoms with Crippen molar-refractivity contribution in [1.29, 1.82) is 0 Å². The minimum Gasteiger partial charge on any atom is -0.507 e. The molecule has 1 aromatic carbocycles. The van der Waals surface area contributed by atoms with Gasteiger partial charge in [0.1, 0.15) is 11.5 Å². The first kappa shape index (κ1) is 24.8. The Labute approximate surface area is 195 Å². The number of phenolic OH excluding ortho intramolecular Hbond substituents is 1. The molecular formula is C26H35ClFNO3. The molecule has 2 saturated carbocycles. The van der Waals surface area contributed by atoms with Gasteiger partial charge in [0.2, 0.25) is 6.86 Å². The van der Waals surface area contributed by atoms with Crippen LogP contribution in [0.1, 0.15) is 74.4 Å².